The summed E-state index contributed by atoms with van der Waals surface area (Å²) in [6, 6.07) is 10.5. The SMILES string of the molecule is CN(c1ccc2c(C(OC=O)c3ccc(F)cc3)coc2c1)S(C)(=O)=O. The van der Waals surface area contributed by atoms with Gasteiger partial charge in [-0.2, -0.15) is 0 Å². The number of carbonyl (C=O) groups is 1. The minimum atomic E-state index is -3.40. The van der Waals surface area contributed by atoms with E-state index < -0.39 is 21.9 Å². The van der Waals surface area contributed by atoms with E-state index in [1.807, 2.05) is 0 Å². The summed E-state index contributed by atoms with van der Waals surface area (Å²) in [4.78, 5) is 10.9. The summed E-state index contributed by atoms with van der Waals surface area (Å²) in [5.41, 5.74) is 2.04. The van der Waals surface area contributed by atoms with Gasteiger partial charge >= 0.3 is 0 Å². The summed E-state index contributed by atoms with van der Waals surface area (Å²) in [5.74, 6) is -0.399. The van der Waals surface area contributed by atoms with Gasteiger partial charge in [0.25, 0.3) is 6.47 Å². The first-order valence-electron chi connectivity index (χ1n) is 7.61. The zero-order chi connectivity index (χ0) is 18.9. The van der Waals surface area contributed by atoms with Crippen molar-refractivity contribution < 1.29 is 26.8 Å². The molecule has 1 atom stereocenters. The van der Waals surface area contributed by atoms with E-state index in [1.165, 1.54) is 37.6 Å². The predicted octanol–water partition coefficient (Wildman–Crippen LogP) is 3.23. The van der Waals surface area contributed by atoms with E-state index >= 15 is 0 Å². The average Bonchev–Trinajstić information content (AvgIpc) is 3.02. The molecule has 0 aliphatic rings. The molecule has 8 heteroatoms. The molecule has 136 valence electrons. The minimum absolute atomic E-state index is 0.318. The van der Waals surface area contributed by atoms with Gasteiger partial charge in [-0.15, -0.1) is 0 Å². The molecule has 0 fully saturated rings. The summed E-state index contributed by atoms with van der Waals surface area (Å²) < 4.78 is 48.4. The lowest BCUT2D eigenvalue weighted by Crippen LogP contribution is -2.24. The Morgan fingerprint density at radius 3 is 2.50 bits per heavy atom. The highest BCUT2D eigenvalue weighted by atomic mass is 32.2. The number of anilines is 1. The van der Waals surface area contributed by atoms with Crippen LogP contribution in [0.2, 0.25) is 0 Å². The van der Waals surface area contributed by atoms with Gasteiger partial charge in [-0.25, -0.2) is 12.8 Å². The highest BCUT2D eigenvalue weighted by Gasteiger charge is 2.22. The molecule has 0 amide bonds. The van der Waals surface area contributed by atoms with Gasteiger partial charge in [0.05, 0.1) is 18.2 Å². The second kappa shape index (κ2) is 6.80. The fourth-order valence-corrected chi connectivity index (χ4v) is 3.15. The maximum atomic E-state index is 13.2. The molecule has 1 aromatic heterocycles. The molecule has 1 heterocycles. The average molecular weight is 377 g/mol. The molecule has 0 saturated carbocycles. The number of nitrogens with zero attached hydrogens (tertiary/aromatic N) is 1. The smallest absolute Gasteiger partial charge is 0.294 e. The van der Waals surface area contributed by atoms with Gasteiger partial charge in [0.1, 0.15) is 11.4 Å². The fraction of sp³-hybridized carbons (Fsp3) is 0.167. The van der Waals surface area contributed by atoms with Crippen molar-refractivity contribution in [1.29, 1.82) is 0 Å². The first kappa shape index (κ1) is 17.9. The lowest BCUT2D eigenvalue weighted by atomic mass is 10.0. The Balaban J connectivity index is 2.06. The van der Waals surface area contributed by atoms with Gasteiger partial charge in [0.2, 0.25) is 10.0 Å². The number of hydrogen-bond donors (Lipinski definition) is 0. The number of hydrogen-bond acceptors (Lipinski definition) is 5. The lowest BCUT2D eigenvalue weighted by Gasteiger charge is -2.17. The van der Waals surface area contributed by atoms with E-state index in [1.54, 1.807) is 18.2 Å². The van der Waals surface area contributed by atoms with Crippen LogP contribution in [-0.4, -0.2) is 28.2 Å². The molecule has 0 spiro atoms. The van der Waals surface area contributed by atoms with Crippen LogP contribution in [0, 0.1) is 5.82 Å². The van der Waals surface area contributed by atoms with Crippen LogP contribution in [0.25, 0.3) is 11.0 Å². The van der Waals surface area contributed by atoms with Crippen molar-refractivity contribution in [2.24, 2.45) is 0 Å². The summed E-state index contributed by atoms with van der Waals surface area (Å²) in [5, 5.41) is 0.659. The van der Waals surface area contributed by atoms with Crippen LogP contribution >= 0.6 is 0 Å². The molecule has 1 unspecified atom stereocenters. The second-order valence-electron chi connectivity index (χ2n) is 5.77. The van der Waals surface area contributed by atoms with Crippen molar-refractivity contribution in [2.75, 3.05) is 17.6 Å². The van der Waals surface area contributed by atoms with E-state index in [-0.39, 0.29) is 0 Å². The third kappa shape index (κ3) is 3.41. The monoisotopic (exact) mass is 377 g/mol. The number of halogens is 1. The maximum Gasteiger partial charge on any atom is 0.294 e. The number of sulfonamides is 1. The topological polar surface area (TPSA) is 76.8 Å². The molecule has 0 aliphatic carbocycles. The van der Waals surface area contributed by atoms with E-state index in [9.17, 15) is 17.6 Å². The maximum absolute atomic E-state index is 13.2. The van der Waals surface area contributed by atoms with E-state index in [0.29, 0.717) is 34.3 Å². The summed E-state index contributed by atoms with van der Waals surface area (Å²) in [6.07, 6.45) is 1.77. The predicted molar refractivity (Wildman–Crippen MR) is 94.9 cm³/mol. The highest BCUT2D eigenvalue weighted by Crippen LogP contribution is 2.34. The van der Waals surface area contributed by atoms with Crippen molar-refractivity contribution in [3.63, 3.8) is 0 Å². The summed E-state index contributed by atoms with van der Waals surface area (Å²) in [6.45, 7) is 0.318. The van der Waals surface area contributed by atoms with Crippen molar-refractivity contribution in [3.8, 4) is 0 Å². The van der Waals surface area contributed by atoms with Crippen LogP contribution in [0.15, 0.2) is 53.1 Å². The quantitative estimate of drug-likeness (QED) is 0.617. The van der Waals surface area contributed by atoms with Gasteiger partial charge in [-0.3, -0.25) is 9.10 Å². The van der Waals surface area contributed by atoms with Gasteiger partial charge in [-0.1, -0.05) is 12.1 Å². The number of carbonyl (C=O) groups excluding carboxylic acids is 1. The molecular formula is C18H16FNO5S. The lowest BCUT2D eigenvalue weighted by molar-refractivity contribution is -0.132. The Morgan fingerprint density at radius 1 is 1.19 bits per heavy atom. The Morgan fingerprint density at radius 2 is 1.88 bits per heavy atom. The molecule has 0 N–H and O–H groups in total. The molecule has 0 radical (unpaired) electrons. The van der Waals surface area contributed by atoms with Crippen LogP contribution in [0.3, 0.4) is 0 Å². The molecule has 26 heavy (non-hydrogen) atoms. The van der Waals surface area contributed by atoms with Crippen LogP contribution in [0.5, 0.6) is 0 Å². The Kier molecular flexibility index (Phi) is 4.69. The van der Waals surface area contributed by atoms with Crippen molar-refractivity contribution in [1.82, 2.24) is 0 Å². The third-order valence-electron chi connectivity index (χ3n) is 4.10. The normalized spacial score (nSPS) is 12.7. The fourth-order valence-electron chi connectivity index (χ4n) is 2.65. The second-order valence-corrected chi connectivity index (χ2v) is 7.78. The number of fused-ring (bicyclic) bond motifs is 1. The largest absolute Gasteiger partial charge is 0.464 e. The van der Waals surface area contributed by atoms with Gasteiger partial charge in [0.15, 0.2) is 6.10 Å². The summed E-state index contributed by atoms with van der Waals surface area (Å²) in [7, 11) is -1.96. The van der Waals surface area contributed by atoms with Gasteiger partial charge < -0.3 is 9.15 Å². The Labute approximate surface area is 149 Å². The van der Waals surface area contributed by atoms with Crippen molar-refractivity contribution in [3.05, 3.63) is 65.7 Å². The zero-order valence-electron chi connectivity index (χ0n) is 14.0. The van der Waals surface area contributed by atoms with E-state index in [2.05, 4.69) is 0 Å². The first-order chi connectivity index (χ1) is 12.3. The highest BCUT2D eigenvalue weighted by molar-refractivity contribution is 7.92. The molecule has 0 saturated heterocycles. The number of rotatable bonds is 6. The Hall–Kier alpha value is -2.87. The van der Waals surface area contributed by atoms with Crippen molar-refractivity contribution in [2.45, 2.75) is 6.10 Å². The van der Waals surface area contributed by atoms with Crippen molar-refractivity contribution >= 4 is 33.2 Å². The third-order valence-corrected chi connectivity index (χ3v) is 5.30. The molecular weight excluding hydrogens is 361 g/mol. The van der Waals surface area contributed by atoms with E-state index in [0.717, 1.165) is 10.6 Å². The van der Waals surface area contributed by atoms with E-state index in [4.69, 9.17) is 9.15 Å². The zero-order valence-corrected chi connectivity index (χ0v) is 14.9. The number of benzene rings is 2. The molecule has 3 rings (SSSR count). The van der Waals surface area contributed by atoms with Gasteiger partial charge in [-0.05, 0) is 29.8 Å². The van der Waals surface area contributed by atoms with Crippen LogP contribution in [0.1, 0.15) is 17.2 Å². The molecule has 6 nitrogen and oxygen atoms in total. The van der Waals surface area contributed by atoms with Crippen LogP contribution in [0.4, 0.5) is 10.1 Å². The minimum Gasteiger partial charge on any atom is -0.464 e. The molecule has 0 bridgehead atoms. The number of ether oxygens (including phenoxy) is 1. The number of furan rings is 1. The van der Waals surface area contributed by atoms with Gasteiger partial charge in [0, 0.05) is 24.1 Å². The van der Waals surface area contributed by atoms with Crippen LogP contribution in [-0.2, 0) is 19.6 Å². The van der Waals surface area contributed by atoms with Crippen LogP contribution < -0.4 is 4.31 Å². The summed E-state index contributed by atoms with van der Waals surface area (Å²) >= 11 is 0. The molecule has 3 aromatic rings. The molecule has 2 aromatic carbocycles. The first-order valence-corrected chi connectivity index (χ1v) is 9.45. The Bertz CT molecular complexity index is 1040. The standard InChI is InChI=1S/C18H16FNO5S/c1-20(26(2,22)23)14-7-8-15-16(10-24-17(15)9-14)18(25-11-21)12-3-5-13(19)6-4-12/h3-11,18H,1-2H3. The molecule has 0 aliphatic heterocycles.